The minimum Gasteiger partial charge on any atom is -0.455 e. The molecule has 1 aromatic heterocycles. The van der Waals surface area contributed by atoms with Crippen LogP contribution in [0.4, 0.5) is 5.69 Å². The number of nitrogens with one attached hydrogen (secondary N) is 1. The van der Waals surface area contributed by atoms with Gasteiger partial charge in [0.2, 0.25) is 5.91 Å². The largest absolute Gasteiger partial charge is 0.455 e. The molecule has 162 valence electrons. The number of aromatic nitrogens is 3. The van der Waals surface area contributed by atoms with Crippen LogP contribution >= 0.6 is 11.8 Å². The van der Waals surface area contributed by atoms with Crippen LogP contribution < -0.4 is 10.1 Å². The first-order valence-electron chi connectivity index (χ1n) is 10.3. The Morgan fingerprint density at radius 1 is 0.969 bits per heavy atom. The Bertz CT molecular complexity index is 1240. The summed E-state index contributed by atoms with van der Waals surface area (Å²) in [5.41, 5.74) is 3.92. The van der Waals surface area contributed by atoms with Gasteiger partial charge in [0, 0.05) is 0 Å². The highest BCUT2D eigenvalue weighted by Gasteiger charge is 2.16. The molecule has 1 heterocycles. The van der Waals surface area contributed by atoms with Gasteiger partial charge in [0.05, 0.1) is 17.1 Å². The second-order valence-corrected chi connectivity index (χ2v) is 8.35. The van der Waals surface area contributed by atoms with Crippen molar-refractivity contribution in [2.45, 2.75) is 25.9 Å². The molecular weight excluding hydrogens is 420 g/mol. The number of carbonyl (C=O) groups is 1. The van der Waals surface area contributed by atoms with Crippen molar-refractivity contribution in [2.24, 2.45) is 0 Å². The molecular formula is C25H24N4O2S. The summed E-state index contributed by atoms with van der Waals surface area (Å²) in [5.74, 6) is 2.13. The molecule has 0 aliphatic rings. The summed E-state index contributed by atoms with van der Waals surface area (Å²) >= 11 is 1.35. The van der Waals surface area contributed by atoms with Crippen molar-refractivity contribution in [3.63, 3.8) is 0 Å². The molecule has 0 saturated heterocycles. The van der Waals surface area contributed by atoms with Gasteiger partial charge in [-0.2, -0.15) is 0 Å². The van der Waals surface area contributed by atoms with E-state index < -0.39 is 0 Å². The van der Waals surface area contributed by atoms with E-state index in [4.69, 9.17) is 4.74 Å². The quantitative estimate of drug-likeness (QED) is 0.370. The van der Waals surface area contributed by atoms with E-state index in [-0.39, 0.29) is 11.7 Å². The highest BCUT2D eigenvalue weighted by Crippen LogP contribution is 2.30. The molecule has 0 fully saturated rings. The summed E-state index contributed by atoms with van der Waals surface area (Å²) in [6.07, 6.45) is 0. The minimum absolute atomic E-state index is 0.146. The topological polar surface area (TPSA) is 69.0 Å². The third kappa shape index (κ3) is 5.00. The summed E-state index contributed by atoms with van der Waals surface area (Å²) in [7, 11) is 0. The fourth-order valence-electron chi connectivity index (χ4n) is 3.26. The molecule has 0 aliphatic carbocycles. The average Bonchev–Trinajstić information content (AvgIpc) is 3.16. The maximum absolute atomic E-state index is 12.7. The Morgan fingerprint density at radius 2 is 1.72 bits per heavy atom. The van der Waals surface area contributed by atoms with Gasteiger partial charge < -0.3 is 10.1 Å². The highest BCUT2D eigenvalue weighted by molar-refractivity contribution is 7.99. The van der Waals surface area contributed by atoms with Crippen molar-refractivity contribution in [3.8, 4) is 17.2 Å². The van der Waals surface area contributed by atoms with Crippen LogP contribution in [0.5, 0.6) is 11.5 Å². The van der Waals surface area contributed by atoms with Crippen molar-refractivity contribution < 1.29 is 9.53 Å². The van der Waals surface area contributed by atoms with Gasteiger partial charge in [-0.05, 0) is 62.2 Å². The van der Waals surface area contributed by atoms with Crippen LogP contribution in [-0.2, 0) is 4.79 Å². The van der Waals surface area contributed by atoms with E-state index in [0.29, 0.717) is 22.3 Å². The second-order valence-electron chi connectivity index (χ2n) is 7.40. The molecule has 4 aromatic rings. The van der Waals surface area contributed by atoms with Gasteiger partial charge in [-0.25, -0.2) is 0 Å². The van der Waals surface area contributed by atoms with E-state index in [0.717, 1.165) is 22.6 Å². The molecule has 3 aromatic carbocycles. The fourth-order valence-corrected chi connectivity index (χ4v) is 4.06. The summed E-state index contributed by atoms with van der Waals surface area (Å²) in [4.78, 5) is 12.7. The first-order valence-corrected chi connectivity index (χ1v) is 11.2. The number of amides is 1. The molecule has 7 heteroatoms. The molecule has 0 aliphatic heterocycles. The van der Waals surface area contributed by atoms with Crippen LogP contribution in [0.25, 0.3) is 5.69 Å². The molecule has 4 rings (SSSR count). The highest BCUT2D eigenvalue weighted by atomic mass is 32.2. The molecule has 0 unspecified atom stereocenters. The lowest BCUT2D eigenvalue weighted by Crippen LogP contribution is -2.15. The van der Waals surface area contributed by atoms with Crippen molar-refractivity contribution in [1.29, 1.82) is 0 Å². The lowest BCUT2D eigenvalue weighted by atomic mass is 10.1. The molecule has 6 nitrogen and oxygen atoms in total. The Labute approximate surface area is 191 Å². The van der Waals surface area contributed by atoms with Crippen LogP contribution in [0.2, 0.25) is 0 Å². The van der Waals surface area contributed by atoms with E-state index in [1.807, 2.05) is 66.1 Å². The number of anilines is 1. The van der Waals surface area contributed by atoms with Gasteiger partial charge in [-0.1, -0.05) is 54.2 Å². The predicted octanol–water partition coefficient (Wildman–Crippen LogP) is 5.72. The number of hydrogen-bond donors (Lipinski definition) is 1. The number of benzene rings is 3. The van der Waals surface area contributed by atoms with Crippen LogP contribution in [-0.4, -0.2) is 26.4 Å². The average molecular weight is 445 g/mol. The number of nitrogens with zero attached hydrogens (tertiary/aromatic N) is 3. The number of para-hydroxylation sites is 3. The number of aryl methyl sites for hydroxylation is 3. The molecule has 0 atom stereocenters. The van der Waals surface area contributed by atoms with E-state index in [1.54, 1.807) is 0 Å². The Kier molecular flexibility index (Phi) is 6.56. The summed E-state index contributed by atoms with van der Waals surface area (Å²) in [5, 5.41) is 12.1. The first kappa shape index (κ1) is 21.6. The summed E-state index contributed by atoms with van der Waals surface area (Å²) < 4.78 is 7.92. The number of thioether (sulfide) groups is 1. The molecule has 0 spiro atoms. The van der Waals surface area contributed by atoms with Crippen molar-refractivity contribution in [1.82, 2.24) is 14.8 Å². The van der Waals surface area contributed by atoms with Crippen LogP contribution in [0, 0.1) is 20.8 Å². The van der Waals surface area contributed by atoms with Gasteiger partial charge >= 0.3 is 0 Å². The zero-order chi connectivity index (χ0) is 22.5. The van der Waals surface area contributed by atoms with Gasteiger partial charge in [0.15, 0.2) is 10.9 Å². The van der Waals surface area contributed by atoms with Crippen LogP contribution in [0.1, 0.15) is 17.0 Å². The first-order chi connectivity index (χ1) is 15.5. The van der Waals surface area contributed by atoms with Crippen molar-refractivity contribution in [2.75, 3.05) is 11.1 Å². The van der Waals surface area contributed by atoms with Gasteiger partial charge in [0.1, 0.15) is 11.6 Å². The normalized spacial score (nSPS) is 10.7. The smallest absolute Gasteiger partial charge is 0.234 e. The van der Waals surface area contributed by atoms with Gasteiger partial charge in [0.25, 0.3) is 0 Å². The molecule has 0 bridgehead atoms. The summed E-state index contributed by atoms with van der Waals surface area (Å²) in [6, 6.07) is 23.1. The van der Waals surface area contributed by atoms with Crippen LogP contribution in [0.3, 0.4) is 0 Å². The molecule has 1 N–H and O–H groups in total. The van der Waals surface area contributed by atoms with E-state index in [2.05, 4.69) is 47.6 Å². The number of hydrogen-bond acceptors (Lipinski definition) is 5. The second kappa shape index (κ2) is 9.70. The Morgan fingerprint density at radius 3 is 2.53 bits per heavy atom. The van der Waals surface area contributed by atoms with E-state index in [9.17, 15) is 4.79 Å². The molecule has 32 heavy (non-hydrogen) atoms. The van der Waals surface area contributed by atoms with Crippen molar-refractivity contribution >= 4 is 23.4 Å². The molecule has 0 radical (unpaired) electrons. The standard InChI is InChI=1S/C25H24N4O2S/c1-17-13-14-18(2)22(15-17)29-19(3)27-28-25(29)32-16-24(30)26-21-11-7-8-12-23(21)31-20-9-5-4-6-10-20/h4-15H,16H2,1-3H3,(H,26,30). The Balaban J connectivity index is 1.47. The maximum Gasteiger partial charge on any atom is 0.234 e. The number of rotatable bonds is 7. The molecule has 1 amide bonds. The number of carbonyl (C=O) groups excluding carboxylic acids is 1. The van der Waals surface area contributed by atoms with E-state index in [1.165, 1.54) is 11.8 Å². The monoisotopic (exact) mass is 444 g/mol. The molecule has 0 saturated carbocycles. The lowest BCUT2D eigenvalue weighted by Gasteiger charge is -2.13. The third-order valence-corrected chi connectivity index (χ3v) is 5.79. The Hall–Kier alpha value is -3.58. The predicted molar refractivity (Wildman–Crippen MR) is 128 cm³/mol. The SMILES string of the molecule is Cc1ccc(C)c(-n2c(C)nnc2SCC(=O)Nc2ccccc2Oc2ccccc2)c1. The van der Waals surface area contributed by atoms with Gasteiger partial charge in [-0.15, -0.1) is 10.2 Å². The lowest BCUT2D eigenvalue weighted by molar-refractivity contribution is -0.113. The fraction of sp³-hybridized carbons (Fsp3) is 0.160. The van der Waals surface area contributed by atoms with Gasteiger partial charge in [-0.3, -0.25) is 9.36 Å². The number of ether oxygens (including phenoxy) is 1. The van der Waals surface area contributed by atoms with Crippen molar-refractivity contribution in [3.05, 3.63) is 89.7 Å². The minimum atomic E-state index is -0.146. The zero-order valence-electron chi connectivity index (χ0n) is 18.2. The maximum atomic E-state index is 12.7. The van der Waals surface area contributed by atoms with E-state index >= 15 is 0 Å². The zero-order valence-corrected chi connectivity index (χ0v) is 19.0. The summed E-state index contributed by atoms with van der Waals surface area (Å²) in [6.45, 7) is 6.02. The third-order valence-electron chi connectivity index (χ3n) is 4.87. The van der Waals surface area contributed by atoms with Crippen LogP contribution in [0.15, 0.2) is 78.0 Å².